The molecule has 2 aliphatic heterocycles. The standard InChI is InChI=1S/C20H34N4O3S2/c1-18-5-2-3-9-22(18)12-13-23(20(25)17-19-6-4-15-28-19)14-16-29(26,27)24-10-7-21-8-11-24/h4,6,15,18,21H,2-3,5,7-14,16-17H2,1H3/t18-/m0/s1. The zero-order chi connectivity index (χ0) is 20.7. The van der Waals surface area contributed by atoms with Crippen LogP contribution < -0.4 is 5.32 Å². The van der Waals surface area contributed by atoms with Gasteiger partial charge in [-0.15, -0.1) is 11.3 Å². The van der Waals surface area contributed by atoms with Crippen molar-refractivity contribution in [1.82, 2.24) is 19.4 Å². The third kappa shape index (κ3) is 6.75. The lowest BCUT2D eigenvalue weighted by Crippen LogP contribution is -2.49. The van der Waals surface area contributed by atoms with Crippen molar-refractivity contribution in [1.29, 1.82) is 0 Å². The SMILES string of the molecule is C[C@H]1CCCCN1CCN(CCS(=O)(=O)N1CCNCC1)C(=O)Cc1cccs1. The molecule has 3 heterocycles. The van der Waals surface area contributed by atoms with Crippen molar-refractivity contribution >= 4 is 27.3 Å². The van der Waals surface area contributed by atoms with E-state index in [4.69, 9.17) is 0 Å². The molecule has 164 valence electrons. The first-order chi connectivity index (χ1) is 14.0. The van der Waals surface area contributed by atoms with Crippen molar-refractivity contribution in [2.75, 3.05) is 58.1 Å². The zero-order valence-corrected chi connectivity index (χ0v) is 19.0. The monoisotopic (exact) mass is 442 g/mol. The Hall–Kier alpha value is -1.000. The summed E-state index contributed by atoms with van der Waals surface area (Å²) in [5, 5.41) is 5.15. The molecular weight excluding hydrogens is 408 g/mol. The van der Waals surface area contributed by atoms with Gasteiger partial charge < -0.3 is 10.2 Å². The van der Waals surface area contributed by atoms with Gasteiger partial charge in [-0.25, -0.2) is 8.42 Å². The Morgan fingerprint density at radius 1 is 1.24 bits per heavy atom. The molecule has 2 fully saturated rings. The number of rotatable bonds is 9. The van der Waals surface area contributed by atoms with Gasteiger partial charge in [-0.05, 0) is 37.8 Å². The Morgan fingerprint density at radius 2 is 2.03 bits per heavy atom. The van der Waals surface area contributed by atoms with Crippen LogP contribution in [0.2, 0.25) is 0 Å². The number of hydrogen-bond acceptors (Lipinski definition) is 6. The number of thiophene rings is 1. The van der Waals surface area contributed by atoms with Crippen molar-refractivity contribution in [2.24, 2.45) is 0 Å². The average Bonchev–Trinajstić information content (AvgIpc) is 3.23. The Labute approximate surface area is 179 Å². The lowest BCUT2D eigenvalue weighted by molar-refractivity contribution is -0.130. The highest BCUT2D eigenvalue weighted by molar-refractivity contribution is 7.89. The number of piperazine rings is 1. The van der Waals surface area contributed by atoms with Gasteiger partial charge in [0.05, 0.1) is 12.2 Å². The molecule has 0 aliphatic carbocycles. The number of carbonyl (C=O) groups excluding carboxylic acids is 1. The molecule has 0 spiro atoms. The van der Waals surface area contributed by atoms with Gasteiger partial charge in [0.2, 0.25) is 15.9 Å². The fourth-order valence-electron chi connectivity index (χ4n) is 4.05. The fraction of sp³-hybridized carbons (Fsp3) is 0.750. The van der Waals surface area contributed by atoms with Gasteiger partial charge >= 0.3 is 0 Å². The lowest BCUT2D eigenvalue weighted by atomic mass is 10.0. The minimum Gasteiger partial charge on any atom is -0.340 e. The summed E-state index contributed by atoms with van der Waals surface area (Å²) in [5.74, 6) is 0.0197. The zero-order valence-electron chi connectivity index (χ0n) is 17.4. The van der Waals surface area contributed by atoms with Crippen LogP contribution in [0, 0.1) is 0 Å². The summed E-state index contributed by atoms with van der Waals surface area (Å²) in [6.45, 7) is 7.36. The average molecular weight is 443 g/mol. The van der Waals surface area contributed by atoms with Crippen molar-refractivity contribution in [2.45, 2.75) is 38.6 Å². The summed E-state index contributed by atoms with van der Waals surface area (Å²) in [4.78, 5) is 18.2. The summed E-state index contributed by atoms with van der Waals surface area (Å²) in [6.07, 6.45) is 4.01. The second-order valence-electron chi connectivity index (χ2n) is 7.98. The van der Waals surface area contributed by atoms with Crippen LogP contribution in [-0.2, 0) is 21.2 Å². The van der Waals surface area contributed by atoms with Crippen molar-refractivity contribution in [3.05, 3.63) is 22.4 Å². The Morgan fingerprint density at radius 3 is 2.72 bits per heavy atom. The number of carbonyl (C=O) groups is 1. The van der Waals surface area contributed by atoms with Gasteiger partial charge in [-0.3, -0.25) is 9.69 Å². The maximum atomic E-state index is 13.0. The fourth-order valence-corrected chi connectivity index (χ4v) is 6.20. The number of nitrogens with zero attached hydrogens (tertiary/aromatic N) is 3. The van der Waals surface area contributed by atoms with E-state index < -0.39 is 10.0 Å². The molecule has 0 saturated carbocycles. The third-order valence-corrected chi connectivity index (χ3v) is 8.67. The van der Waals surface area contributed by atoms with Crippen molar-refractivity contribution in [3.63, 3.8) is 0 Å². The molecule has 7 nitrogen and oxygen atoms in total. The molecule has 1 amide bonds. The maximum Gasteiger partial charge on any atom is 0.227 e. The topological polar surface area (TPSA) is 73.0 Å². The summed E-state index contributed by atoms with van der Waals surface area (Å²) in [6, 6.07) is 4.44. The first kappa shape index (κ1) is 22.7. The second-order valence-corrected chi connectivity index (χ2v) is 11.1. The molecule has 1 aromatic rings. The summed E-state index contributed by atoms with van der Waals surface area (Å²) < 4.78 is 27.0. The molecule has 1 aromatic heterocycles. The minimum absolute atomic E-state index is 0.00126. The molecule has 1 N–H and O–H groups in total. The minimum atomic E-state index is -3.34. The highest BCUT2D eigenvalue weighted by Gasteiger charge is 2.26. The molecule has 0 bridgehead atoms. The van der Waals surface area contributed by atoms with Gasteiger partial charge in [-0.2, -0.15) is 4.31 Å². The summed E-state index contributed by atoms with van der Waals surface area (Å²) >= 11 is 1.57. The van der Waals surface area contributed by atoms with E-state index in [1.165, 1.54) is 19.3 Å². The van der Waals surface area contributed by atoms with E-state index in [1.807, 2.05) is 17.5 Å². The van der Waals surface area contributed by atoms with E-state index in [0.29, 0.717) is 45.2 Å². The van der Waals surface area contributed by atoms with Crippen LogP contribution in [0.4, 0.5) is 0 Å². The molecule has 9 heteroatoms. The van der Waals surface area contributed by atoms with Gasteiger partial charge in [0, 0.05) is 56.7 Å². The van der Waals surface area contributed by atoms with Crippen molar-refractivity contribution < 1.29 is 13.2 Å². The molecule has 0 radical (unpaired) electrons. The molecule has 3 rings (SSSR count). The van der Waals surface area contributed by atoms with Crippen LogP contribution >= 0.6 is 11.3 Å². The largest absolute Gasteiger partial charge is 0.340 e. The lowest BCUT2D eigenvalue weighted by Gasteiger charge is -2.35. The highest BCUT2D eigenvalue weighted by Crippen LogP contribution is 2.17. The van der Waals surface area contributed by atoms with E-state index in [0.717, 1.165) is 18.0 Å². The quantitative estimate of drug-likeness (QED) is 0.623. The van der Waals surface area contributed by atoms with Crippen LogP contribution in [0.3, 0.4) is 0 Å². The van der Waals surface area contributed by atoms with E-state index in [2.05, 4.69) is 17.1 Å². The van der Waals surface area contributed by atoms with Crippen LogP contribution in [0.15, 0.2) is 17.5 Å². The number of amides is 1. The Balaban J connectivity index is 1.60. The molecule has 2 aliphatic rings. The van der Waals surface area contributed by atoms with E-state index in [9.17, 15) is 13.2 Å². The smallest absolute Gasteiger partial charge is 0.227 e. The van der Waals surface area contributed by atoms with Crippen LogP contribution in [0.5, 0.6) is 0 Å². The molecular formula is C20H34N4O3S2. The predicted molar refractivity (Wildman–Crippen MR) is 118 cm³/mol. The number of piperidine rings is 1. The molecule has 2 saturated heterocycles. The van der Waals surface area contributed by atoms with Crippen molar-refractivity contribution in [3.8, 4) is 0 Å². The normalized spacial score (nSPS) is 21.9. The van der Waals surface area contributed by atoms with Gasteiger partial charge in [-0.1, -0.05) is 12.5 Å². The Bertz CT molecular complexity index is 733. The van der Waals surface area contributed by atoms with Crippen LogP contribution in [-0.4, -0.2) is 92.6 Å². The summed E-state index contributed by atoms with van der Waals surface area (Å²) in [5.41, 5.74) is 0. The van der Waals surface area contributed by atoms with E-state index >= 15 is 0 Å². The van der Waals surface area contributed by atoms with Crippen LogP contribution in [0.1, 0.15) is 31.1 Å². The first-order valence-corrected chi connectivity index (χ1v) is 13.2. The maximum absolute atomic E-state index is 13.0. The number of likely N-dealkylation sites (tertiary alicyclic amines) is 1. The summed E-state index contributed by atoms with van der Waals surface area (Å²) in [7, 11) is -3.34. The van der Waals surface area contributed by atoms with E-state index in [1.54, 1.807) is 20.5 Å². The van der Waals surface area contributed by atoms with Gasteiger partial charge in [0.25, 0.3) is 0 Å². The van der Waals surface area contributed by atoms with Gasteiger partial charge in [0.1, 0.15) is 0 Å². The third-order valence-electron chi connectivity index (χ3n) is 5.94. The van der Waals surface area contributed by atoms with Crippen LogP contribution in [0.25, 0.3) is 0 Å². The predicted octanol–water partition coefficient (Wildman–Crippen LogP) is 1.23. The number of nitrogens with one attached hydrogen (secondary N) is 1. The van der Waals surface area contributed by atoms with E-state index in [-0.39, 0.29) is 18.2 Å². The second kappa shape index (κ2) is 10.9. The molecule has 1 atom stereocenters. The number of hydrogen-bond donors (Lipinski definition) is 1. The van der Waals surface area contributed by atoms with Gasteiger partial charge in [0.15, 0.2) is 0 Å². The molecule has 0 aromatic carbocycles. The number of sulfonamides is 1. The Kier molecular flexibility index (Phi) is 8.49. The highest BCUT2D eigenvalue weighted by atomic mass is 32.2. The molecule has 0 unspecified atom stereocenters. The molecule has 29 heavy (non-hydrogen) atoms. The first-order valence-electron chi connectivity index (χ1n) is 10.7.